The number of ether oxygens (including phenoxy) is 2. The predicted octanol–water partition coefficient (Wildman–Crippen LogP) is -0.414. The van der Waals surface area contributed by atoms with E-state index in [0.717, 1.165) is 13.0 Å². The van der Waals surface area contributed by atoms with E-state index in [4.69, 9.17) is 0 Å². The van der Waals surface area contributed by atoms with E-state index >= 15 is 0 Å². The molecule has 0 spiro atoms. The Hall–Kier alpha value is -1.14. The van der Waals surface area contributed by atoms with Crippen LogP contribution in [0.5, 0.6) is 0 Å². The van der Waals surface area contributed by atoms with Crippen molar-refractivity contribution in [3.05, 3.63) is 0 Å². The van der Waals surface area contributed by atoms with E-state index in [1.807, 2.05) is 14.1 Å². The van der Waals surface area contributed by atoms with Gasteiger partial charge in [0.05, 0.1) is 27.3 Å². The van der Waals surface area contributed by atoms with Gasteiger partial charge < -0.3 is 14.4 Å². The summed E-state index contributed by atoms with van der Waals surface area (Å²) in [6, 6.07) is 0. The SMILES string of the molecule is COC(=O)CN(CCCN(C)C)CC(=O)OC. The van der Waals surface area contributed by atoms with Crippen LogP contribution in [0.2, 0.25) is 0 Å². The Morgan fingerprint density at radius 3 is 1.76 bits per heavy atom. The molecule has 0 aliphatic carbocycles. The molecule has 0 aromatic carbocycles. The van der Waals surface area contributed by atoms with Crippen molar-refractivity contribution in [2.45, 2.75) is 6.42 Å². The largest absolute Gasteiger partial charge is 0.468 e. The van der Waals surface area contributed by atoms with Gasteiger partial charge in [0.1, 0.15) is 0 Å². The first-order valence-electron chi connectivity index (χ1n) is 5.50. The van der Waals surface area contributed by atoms with Crippen LogP contribution in [0.1, 0.15) is 6.42 Å². The third-order valence-corrected chi connectivity index (χ3v) is 2.24. The van der Waals surface area contributed by atoms with Crippen molar-refractivity contribution in [3.8, 4) is 0 Å². The smallest absolute Gasteiger partial charge is 0.319 e. The fourth-order valence-electron chi connectivity index (χ4n) is 1.32. The summed E-state index contributed by atoms with van der Waals surface area (Å²) >= 11 is 0. The fourth-order valence-corrected chi connectivity index (χ4v) is 1.32. The molecule has 17 heavy (non-hydrogen) atoms. The molecular formula is C11H22N2O4. The van der Waals surface area contributed by atoms with Crippen LogP contribution < -0.4 is 0 Å². The number of carbonyl (C=O) groups excluding carboxylic acids is 2. The molecule has 0 amide bonds. The summed E-state index contributed by atoms with van der Waals surface area (Å²) in [4.78, 5) is 26.1. The van der Waals surface area contributed by atoms with Crippen molar-refractivity contribution in [2.75, 3.05) is 54.5 Å². The van der Waals surface area contributed by atoms with Crippen molar-refractivity contribution in [1.82, 2.24) is 9.80 Å². The van der Waals surface area contributed by atoms with Crippen molar-refractivity contribution < 1.29 is 19.1 Å². The lowest BCUT2D eigenvalue weighted by Crippen LogP contribution is -2.37. The lowest BCUT2D eigenvalue weighted by molar-refractivity contribution is -0.145. The second-order valence-electron chi connectivity index (χ2n) is 4.02. The van der Waals surface area contributed by atoms with Gasteiger partial charge in [0.15, 0.2) is 0 Å². The van der Waals surface area contributed by atoms with Gasteiger partial charge in [0, 0.05) is 6.54 Å². The van der Waals surface area contributed by atoms with Crippen LogP contribution in [-0.4, -0.2) is 76.2 Å². The number of hydrogen-bond acceptors (Lipinski definition) is 6. The Balaban J connectivity index is 4.10. The Labute approximate surface area is 102 Å². The highest BCUT2D eigenvalue weighted by Crippen LogP contribution is 1.95. The first-order chi connectivity index (χ1) is 7.99. The van der Waals surface area contributed by atoms with E-state index in [-0.39, 0.29) is 25.0 Å². The molecule has 0 rings (SSSR count). The number of rotatable bonds is 8. The molecule has 0 heterocycles. The number of methoxy groups -OCH3 is 2. The van der Waals surface area contributed by atoms with Gasteiger partial charge in [-0.25, -0.2) is 0 Å². The zero-order valence-electron chi connectivity index (χ0n) is 11.1. The van der Waals surface area contributed by atoms with Crippen LogP contribution in [0.25, 0.3) is 0 Å². The summed E-state index contributed by atoms with van der Waals surface area (Å²) in [7, 11) is 6.62. The van der Waals surface area contributed by atoms with Crippen molar-refractivity contribution in [2.24, 2.45) is 0 Å². The van der Waals surface area contributed by atoms with Gasteiger partial charge in [-0.15, -0.1) is 0 Å². The summed E-state index contributed by atoms with van der Waals surface area (Å²) in [6.45, 7) is 1.78. The molecule has 6 heteroatoms. The summed E-state index contributed by atoms with van der Waals surface area (Å²) in [5, 5.41) is 0. The number of carbonyl (C=O) groups is 2. The van der Waals surface area contributed by atoms with Gasteiger partial charge in [-0.3, -0.25) is 14.5 Å². The average molecular weight is 246 g/mol. The third kappa shape index (κ3) is 8.65. The van der Waals surface area contributed by atoms with E-state index in [1.165, 1.54) is 14.2 Å². The third-order valence-electron chi connectivity index (χ3n) is 2.24. The topological polar surface area (TPSA) is 59.1 Å². The van der Waals surface area contributed by atoms with Gasteiger partial charge in [0.25, 0.3) is 0 Å². The molecule has 0 unspecified atom stereocenters. The van der Waals surface area contributed by atoms with Gasteiger partial charge in [-0.05, 0) is 27.1 Å². The average Bonchev–Trinajstić information content (AvgIpc) is 2.27. The fraction of sp³-hybridized carbons (Fsp3) is 0.818. The van der Waals surface area contributed by atoms with Crippen LogP contribution in [0.4, 0.5) is 0 Å². The Morgan fingerprint density at radius 1 is 0.941 bits per heavy atom. The number of hydrogen-bond donors (Lipinski definition) is 0. The summed E-state index contributed by atoms with van der Waals surface area (Å²) in [5.74, 6) is -0.697. The van der Waals surface area contributed by atoms with Gasteiger partial charge in [0.2, 0.25) is 0 Å². The van der Waals surface area contributed by atoms with Gasteiger partial charge >= 0.3 is 11.9 Å². The molecule has 0 aromatic rings. The highest BCUT2D eigenvalue weighted by Gasteiger charge is 2.14. The molecule has 0 aromatic heterocycles. The molecule has 0 N–H and O–H groups in total. The van der Waals surface area contributed by atoms with Crippen LogP contribution in [0, 0.1) is 0 Å². The minimum Gasteiger partial charge on any atom is -0.468 e. The molecule has 0 atom stereocenters. The summed E-state index contributed by atoms with van der Waals surface area (Å²) < 4.78 is 9.16. The lowest BCUT2D eigenvalue weighted by atomic mass is 10.3. The molecule has 0 fully saturated rings. The van der Waals surface area contributed by atoms with E-state index in [2.05, 4.69) is 14.4 Å². The first-order valence-corrected chi connectivity index (χ1v) is 5.50. The first kappa shape index (κ1) is 15.9. The zero-order chi connectivity index (χ0) is 13.3. The van der Waals surface area contributed by atoms with E-state index in [0.29, 0.717) is 6.54 Å². The molecule has 0 saturated heterocycles. The molecule has 0 bridgehead atoms. The van der Waals surface area contributed by atoms with E-state index in [1.54, 1.807) is 4.90 Å². The molecule has 0 saturated carbocycles. The van der Waals surface area contributed by atoms with Crippen molar-refractivity contribution in [3.63, 3.8) is 0 Å². The van der Waals surface area contributed by atoms with E-state index in [9.17, 15) is 9.59 Å². The maximum absolute atomic E-state index is 11.2. The quantitative estimate of drug-likeness (QED) is 0.542. The number of nitrogens with zero attached hydrogens (tertiary/aromatic N) is 2. The Bertz CT molecular complexity index is 226. The summed E-state index contributed by atoms with van der Waals surface area (Å²) in [6.07, 6.45) is 0.876. The van der Waals surface area contributed by atoms with Crippen LogP contribution >= 0.6 is 0 Å². The highest BCUT2D eigenvalue weighted by molar-refractivity contribution is 5.74. The molecule has 6 nitrogen and oxygen atoms in total. The maximum Gasteiger partial charge on any atom is 0.319 e. The minimum absolute atomic E-state index is 0.110. The van der Waals surface area contributed by atoms with E-state index < -0.39 is 0 Å². The highest BCUT2D eigenvalue weighted by atomic mass is 16.5. The Morgan fingerprint density at radius 2 is 1.41 bits per heavy atom. The molecule has 0 radical (unpaired) electrons. The molecule has 100 valence electrons. The standard InChI is InChI=1S/C11H22N2O4/c1-12(2)6-5-7-13(8-10(14)16-3)9-11(15)17-4/h5-9H2,1-4H3. The minimum atomic E-state index is -0.348. The second-order valence-corrected chi connectivity index (χ2v) is 4.02. The van der Waals surface area contributed by atoms with Crippen LogP contribution in [0.3, 0.4) is 0 Å². The monoisotopic (exact) mass is 246 g/mol. The molecular weight excluding hydrogens is 224 g/mol. The zero-order valence-corrected chi connectivity index (χ0v) is 11.1. The second kappa shape index (κ2) is 8.95. The maximum atomic E-state index is 11.2. The van der Waals surface area contributed by atoms with Crippen LogP contribution in [0.15, 0.2) is 0 Å². The Kier molecular flexibility index (Phi) is 8.35. The molecule has 0 aliphatic heterocycles. The van der Waals surface area contributed by atoms with Gasteiger partial charge in [-0.1, -0.05) is 0 Å². The summed E-state index contributed by atoms with van der Waals surface area (Å²) in [5.41, 5.74) is 0. The predicted molar refractivity (Wildman–Crippen MR) is 63.6 cm³/mol. The number of esters is 2. The van der Waals surface area contributed by atoms with Crippen molar-refractivity contribution >= 4 is 11.9 Å². The lowest BCUT2D eigenvalue weighted by Gasteiger charge is -2.20. The van der Waals surface area contributed by atoms with Gasteiger partial charge in [-0.2, -0.15) is 0 Å². The van der Waals surface area contributed by atoms with Crippen molar-refractivity contribution in [1.29, 1.82) is 0 Å². The molecule has 0 aliphatic rings. The normalized spacial score (nSPS) is 10.7. The van der Waals surface area contributed by atoms with Crippen LogP contribution in [-0.2, 0) is 19.1 Å².